The smallest absolute Gasteiger partial charge is 0.319 e. The lowest BCUT2D eigenvalue weighted by atomic mass is 10.3. The van der Waals surface area contributed by atoms with Crippen LogP contribution in [0, 0.1) is 0 Å². The van der Waals surface area contributed by atoms with Crippen molar-refractivity contribution in [1.29, 1.82) is 0 Å². The number of carbonyl (C=O) groups excluding carboxylic acids is 1. The zero-order valence-electron chi connectivity index (χ0n) is 11.7. The van der Waals surface area contributed by atoms with E-state index in [0.717, 1.165) is 0 Å². The fourth-order valence-corrected chi connectivity index (χ4v) is 1.86. The van der Waals surface area contributed by atoms with Crippen molar-refractivity contribution in [1.82, 2.24) is 14.5 Å². The molecule has 0 saturated carbocycles. The van der Waals surface area contributed by atoms with Crippen LogP contribution in [0.3, 0.4) is 0 Å². The maximum Gasteiger partial charge on any atom is 0.319 e. The molecule has 1 heterocycles. The molecule has 1 amide bonds. The minimum absolute atomic E-state index is 0.0276. The van der Waals surface area contributed by atoms with Crippen LogP contribution in [-0.2, 0) is 11.3 Å². The van der Waals surface area contributed by atoms with E-state index in [2.05, 4.69) is 4.98 Å². The summed E-state index contributed by atoms with van der Waals surface area (Å²) in [6, 6.07) is 6.56. The summed E-state index contributed by atoms with van der Waals surface area (Å²) in [5, 5.41) is 0.564. The second-order valence-corrected chi connectivity index (χ2v) is 4.96. The van der Waals surface area contributed by atoms with Crippen molar-refractivity contribution in [2.45, 2.75) is 13.1 Å². The number of likely N-dealkylation sites (N-methyl/N-ethyl adjacent to an activating group) is 1. The Morgan fingerprint density at radius 2 is 2.09 bits per heavy atom. The van der Waals surface area contributed by atoms with E-state index in [1.165, 1.54) is 24.3 Å². The van der Waals surface area contributed by atoms with Gasteiger partial charge in [0.15, 0.2) is 6.61 Å². The number of rotatable bonds is 6. The molecule has 0 fully saturated rings. The third kappa shape index (κ3) is 4.17. The van der Waals surface area contributed by atoms with Gasteiger partial charge in [-0.1, -0.05) is 11.6 Å². The number of carbonyl (C=O) groups is 1. The molecule has 0 unspecified atom stereocenters. The van der Waals surface area contributed by atoms with E-state index >= 15 is 0 Å². The maximum absolute atomic E-state index is 12.7. The van der Waals surface area contributed by atoms with Gasteiger partial charge in [0.1, 0.15) is 11.6 Å². The molecule has 0 spiro atoms. The number of aromatic nitrogens is 2. The van der Waals surface area contributed by atoms with Crippen LogP contribution in [0.5, 0.6) is 5.75 Å². The molecule has 0 aliphatic carbocycles. The Balaban J connectivity index is 1.89. The van der Waals surface area contributed by atoms with Crippen molar-refractivity contribution < 1.29 is 18.3 Å². The molecule has 22 heavy (non-hydrogen) atoms. The molecule has 0 aliphatic heterocycles. The van der Waals surface area contributed by atoms with Gasteiger partial charge in [-0.3, -0.25) is 9.36 Å². The Morgan fingerprint density at radius 1 is 1.41 bits per heavy atom. The van der Waals surface area contributed by atoms with Gasteiger partial charge in [-0.25, -0.2) is 4.98 Å². The summed E-state index contributed by atoms with van der Waals surface area (Å²) in [6.45, 7) is -2.92. The second-order valence-electron chi connectivity index (χ2n) is 4.52. The third-order valence-electron chi connectivity index (χ3n) is 2.94. The van der Waals surface area contributed by atoms with Crippen LogP contribution in [0.25, 0.3) is 0 Å². The number of hydrogen-bond donors (Lipinski definition) is 0. The number of imidazole rings is 1. The molecule has 0 radical (unpaired) electrons. The van der Waals surface area contributed by atoms with Crippen LogP contribution in [0.15, 0.2) is 36.7 Å². The number of amides is 1. The van der Waals surface area contributed by atoms with E-state index in [-0.39, 0.29) is 24.9 Å². The van der Waals surface area contributed by atoms with Gasteiger partial charge in [0.05, 0.1) is 6.54 Å². The molecule has 8 heteroatoms. The van der Waals surface area contributed by atoms with Crippen molar-refractivity contribution in [2.24, 2.45) is 0 Å². The summed E-state index contributed by atoms with van der Waals surface area (Å²) < 4.78 is 31.4. The minimum atomic E-state index is -2.69. The third-order valence-corrected chi connectivity index (χ3v) is 3.19. The highest BCUT2D eigenvalue weighted by Gasteiger charge is 2.16. The lowest BCUT2D eigenvalue weighted by molar-refractivity contribution is -0.132. The van der Waals surface area contributed by atoms with Crippen LogP contribution >= 0.6 is 11.6 Å². The van der Waals surface area contributed by atoms with E-state index in [1.54, 1.807) is 24.3 Å². The van der Waals surface area contributed by atoms with Gasteiger partial charge in [-0.15, -0.1) is 0 Å². The molecule has 2 rings (SSSR count). The number of ether oxygens (including phenoxy) is 1. The van der Waals surface area contributed by atoms with E-state index in [9.17, 15) is 13.6 Å². The first-order valence-corrected chi connectivity index (χ1v) is 6.77. The first-order valence-electron chi connectivity index (χ1n) is 6.39. The predicted octanol–water partition coefficient (Wildman–Crippen LogP) is 2.97. The lowest BCUT2D eigenvalue weighted by Gasteiger charge is -2.17. The molecule has 2 aromatic rings. The van der Waals surface area contributed by atoms with Crippen LogP contribution in [0.2, 0.25) is 5.02 Å². The quantitative estimate of drug-likeness (QED) is 0.818. The molecule has 0 saturated heterocycles. The number of alkyl halides is 2. The van der Waals surface area contributed by atoms with Crippen molar-refractivity contribution in [3.63, 3.8) is 0 Å². The Kier molecular flexibility index (Phi) is 5.32. The monoisotopic (exact) mass is 329 g/mol. The molecular weight excluding hydrogens is 316 g/mol. The van der Waals surface area contributed by atoms with Crippen molar-refractivity contribution in [2.75, 3.05) is 13.7 Å². The Hall–Kier alpha value is -2.15. The van der Waals surface area contributed by atoms with Crippen molar-refractivity contribution in [3.8, 4) is 5.75 Å². The van der Waals surface area contributed by atoms with Gasteiger partial charge in [0.2, 0.25) is 0 Å². The Labute approximate surface area is 131 Å². The average Bonchev–Trinajstić information content (AvgIpc) is 2.94. The first-order chi connectivity index (χ1) is 10.5. The molecular formula is C14H14ClF2N3O2. The molecule has 0 atom stereocenters. The van der Waals surface area contributed by atoms with Gasteiger partial charge in [0, 0.05) is 24.5 Å². The largest absolute Gasteiger partial charge is 0.484 e. The molecule has 5 nitrogen and oxygen atoms in total. The fourth-order valence-electron chi connectivity index (χ4n) is 1.73. The summed E-state index contributed by atoms with van der Waals surface area (Å²) in [7, 11) is 1.50. The number of nitrogens with zero attached hydrogens (tertiary/aromatic N) is 3. The maximum atomic E-state index is 12.7. The topological polar surface area (TPSA) is 47.4 Å². The van der Waals surface area contributed by atoms with E-state index in [4.69, 9.17) is 16.3 Å². The molecule has 1 aromatic heterocycles. The highest BCUT2D eigenvalue weighted by atomic mass is 35.5. The van der Waals surface area contributed by atoms with Crippen LogP contribution < -0.4 is 4.74 Å². The standard InChI is InChI=1S/C14H14ClF2N3O2/c1-19(8-12-18-6-7-20(12)14(16)17)13(21)9-22-11-4-2-10(15)3-5-11/h2-7,14H,8-9H2,1H3. The summed E-state index contributed by atoms with van der Waals surface area (Å²) in [4.78, 5) is 17.0. The minimum Gasteiger partial charge on any atom is -0.484 e. The average molecular weight is 330 g/mol. The number of halogens is 3. The summed E-state index contributed by atoms with van der Waals surface area (Å²) in [5.41, 5.74) is 0. The highest BCUT2D eigenvalue weighted by molar-refractivity contribution is 6.30. The Bertz CT molecular complexity index is 631. The van der Waals surface area contributed by atoms with Gasteiger partial charge in [-0.2, -0.15) is 8.78 Å². The fraction of sp³-hybridized carbons (Fsp3) is 0.286. The lowest BCUT2D eigenvalue weighted by Crippen LogP contribution is -2.32. The molecule has 1 aromatic carbocycles. The summed E-state index contributed by atoms with van der Waals surface area (Å²) >= 11 is 5.74. The zero-order chi connectivity index (χ0) is 16.1. The second kappa shape index (κ2) is 7.22. The molecule has 0 aliphatic rings. The number of hydrogen-bond acceptors (Lipinski definition) is 3. The van der Waals surface area contributed by atoms with E-state index in [0.29, 0.717) is 15.3 Å². The predicted molar refractivity (Wildman–Crippen MR) is 76.9 cm³/mol. The summed E-state index contributed by atoms with van der Waals surface area (Å²) in [5.74, 6) is 0.260. The van der Waals surface area contributed by atoms with Gasteiger partial charge in [-0.05, 0) is 24.3 Å². The van der Waals surface area contributed by atoms with Crippen molar-refractivity contribution in [3.05, 3.63) is 47.5 Å². The van der Waals surface area contributed by atoms with Gasteiger partial charge < -0.3 is 9.64 Å². The first kappa shape index (κ1) is 16.2. The Morgan fingerprint density at radius 3 is 2.73 bits per heavy atom. The van der Waals surface area contributed by atoms with E-state index in [1.807, 2.05) is 0 Å². The summed E-state index contributed by atoms with van der Waals surface area (Å²) in [6.07, 6.45) is 2.44. The van der Waals surface area contributed by atoms with Crippen molar-refractivity contribution >= 4 is 17.5 Å². The van der Waals surface area contributed by atoms with Gasteiger partial charge >= 0.3 is 6.55 Å². The van der Waals surface area contributed by atoms with Crippen LogP contribution in [0.4, 0.5) is 8.78 Å². The highest BCUT2D eigenvalue weighted by Crippen LogP contribution is 2.16. The molecule has 118 valence electrons. The van der Waals surface area contributed by atoms with Crippen LogP contribution in [0.1, 0.15) is 12.4 Å². The number of benzene rings is 1. The SMILES string of the molecule is CN(Cc1nccn1C(F)F)C(=O)COc1ccc(Cl)cc1. The molecule has 0 N–H and O–H groups in total. The zero-order valence-corrected chi connectivity index (χ0v) is 12.5. The van der Waals surface area contributed by atoms with Crippen LogP contribution in [-0.4, -0.2) is 34.0 Å². The van der Waals surface area contributed by atoms with Gasteiger partial charge in [0.25, 0.3) is 5.91 Å². The molecule has 0 bridgehead atoms. The van der Waals surface area contributed by atoms with E-state index < -0.39 is 6.55 Å². The normalized spacial score (nSPS) is 10.8.